The largest absolute Gasteiger partial charge is 0.493 e. The monoisotopic (exact) mass is 424 g/mol. The minimum Gasteiger partial charge on any atom is -0.493 e. The minimum absolute atomic E-state index is 0.0356. The molecule has 2 aromatic carbocycles. The van der Waals surface area contributed by atoms with Crippen LogP contribution in [0.25, 0.3) is 0 Å². The van der Waals surface area contributed by atoms with Gasteiger partial charge in [-0.05, 0) is 42.4 Å². The van der Waals surface area contributed by atoms with Gasteiger partial charge in [-0.2, -0.15) is 8.78 Å². The molecule has 0 spiro atoms. The first-order valence-corrected chi connectivity index (χ1v) is 9.14. The van der Waals surface area contributed by atoms with E-state index in [1.807, 2.05) is 6.07 Å². The van der Waals surface area contributed by atoms with Gasteiger partial charge in [0.2, 0.25) is 5.91 Å². The number of hydrogen-bond acceptors (Lipinski definition) is 6. The molecule has 164 valence electrons. The zero-order valence-corrected chi connectivity index (χ0v) is 17.4. The van der Waals surface area contributed by atoms with Crippen molar-refractivity contribution >= 4 is 5.91 Å². The Morgan fingerprint density at radius 2 is 1.50 bits per heavy atom. The number of nitrogens with one attached hydrogen (secondary N) is 1. The topological polar surface area (TPSA) is 69.3 Å². The summed E-state index contributed by atoms with van der Waals surface area (Å²) in [6.07, 6.45) is 0. The Bertz CT molecular complexity index is 848. The van der Waals surface area contributed by atoms with Crippen molar-refractivity contribution in [2.24, 2.45) is 0 Å². The molecule has 1 N–H and O–H groups in total. The van der Waals surface area contributed by atoms with Crippen molar-refractivity contribution in [3.05, 3.63) is 47.5 Å². The molecule has 0 aliphatic carbocycles. The summed E-state index contributed by atoms with van der Waals surface area (Å²) in [4.78, 5) is 14.1. The van der Waals surface area contributed by atoms with Gasteiger partial charge in [0.1, 0.15) is 0 Å². The van der Waals surface area contributed by atoms with Crippen LogP contribution in [-0.2, 0) is 17.9 Å². The Kier molecular flexibility index (Phi) is 8.67. The number of likely N-dealkylation sites (N-methyl/N-ethyl adjacent to an activating group) is 1. The molecule has 2 aromatic rings. The summed E-state index contributed by atoms with van der Waals surface area (Å²) >= 11 is 0. The van der Waals surface area contributed by atoms with Gasteiger partial charge in [-0.1, -0.05) is 12.1 Å². The summed E-state index contributed by atoms with van der Waals surface area (Å²) in [5, 5.41) is 2.85. The molecule has 0 aliphatic rings. The van der Waals surface area contributed by atoms with Gasteiger partial charge in [-0.15, -0.1) is 0 Å². The van der Waals surface area contributed by atoms with Gasteiger partial charge in [0, 0.05) is 13.1 Å². The molecule has 0 unspecified atom stereocenters. The van der Waals surface area contributed by atoms with Crippen molar-refractivity contribution in [1.29, 1.82) is 0 Å². The number of rotatable bonds is 11. The van der Waals surface area contributed by atoms with Crippen LogP contribution in [0.4, 0.5) is 8.78 Å². The highest BCUT2D eigenvalue weighted by atomic mass is 19.3. The molecule has 0 aromatic heterocycles. The molecule has 7 nitrogen and oxygen atoms in total. The van der Waals surface area contributed by atoms with Gasteiger partial charge >= 0.3 is 6.61 Å². The molecule has 2 rings (SSSR count). The molecule has 0 fully saturated rings. The number of carbonyl (C=O) groups is 1. The fourth-order valence-corrected chi connectivity index (χ4v) is 2.86. The third-order valence-corrected chi connectivity index (χ3v) is 4.25. The van der Waals surface area contributed by atoms with Crippen LogP contribution < -0.4 is 24.3 Å². The molecule has 0 saturated carbocycles. The van der Waals surface area contributed by atoms with Crippen molar-refractivity contribution in [2.75, 3.05) is 34.9 Å². The average molecular weight is 424 g/mol. The normalized spacial score (nSPS) is 10.8. The average Bonchev–Trinajstić information content (AvgIpc) is 2.72. The van der Waals surface area contributed by atoms with Crippen LogP contribution in [-0.4, -0.2) is 52.3 Å². The maximum atomic E-state index is 12.4. The van der Waals surface area contributed by atoms with E-state index < -0.39 is 6.61 Å². The fourth-order valence-electron chi connectivity index (χ4n) is 2.86. The highest BCUT2D eigenvalue weighted by Gasteiger charge is 2.13. The van der Waals surface area contributed by atoms with Gasteiger partial charge in [0.05, 0.1) is 27.9 Å². The van der Waals surface area contributed by atoms with E-state index in [0.29, 0.717) is 24.6 Å². The summed E-state index contributed by atoms with van der Waals surface area (Å²) in [7, 11) is 6.27. The first-order chi connectivity index (χ1) is 14.4. The molecule has 0 saturated heterocycles. The smallest absolute Gasteiger partial charge is 0.387 e. The molecule has 0 aliphatic heterocycles. The van der Waals surface area contributed by atoms with Crippen LogP contribution in [0.15, 0.2) is 36.4 Å². The number of hydrogen-bond donors (Lipinski definition) is 1. The van der Waals surface area contributed by atoms with Gasteiger partial charge in [0.25, 0.3) is 0 Å². The number of nitrogens with zero attached hydrogens (tertiary/aromatic N) is 1. The molecular formula is C21H26F2N2O5. The molecule has 9 heteroatoms. The van der Waals surface area contributed by atoms with Crippen LogP contribution in [0.5, 0.6) is 23.0 Å². The molecule has 0 radical (unpaired) electrons. The quantitative estimate of drug-likeness (QED) is 0.598. The summed E-state index contributed by atoms with van der Waals surface area (Å²) in [5.41, 5.74) is 1.67. The van der Waals surface area contributed by atoms with Crippen LogP contribution >= 0.6 is 0 Å². The Morgan fingerprint density at radius 3 is 2.13 bits per heavy atom. The van der Waals surface area contributed by atoms with Crippen molar-refractivity contribution in [1.82, 2.24) is 10.2 Å². The lowest BCUT2D eigenvalue weighted by molar-refractivity contribution is -0.122. The Balaban J connectivity index is 1.89. The maximum absolute atomic E-state index is 12.4. The number of ether oxygens (including phenoxy) is 4. The minimum atomic E-state index is -2.93. The predicted octanol–water partition coefficient (Wildman–Crippen LogP) is 3.06. The summed E-state index contributed by atoms with van der Waals surface area (Å²) in [6, 6.07) is 10.1. The second-order valence-corrected chi connectivity index (χ2v) is 6.50. The number of carbonyl (C=O) groups excluding carboxylic acids is 1. The lowest BCUT2D eigenvalue weighted by Crippen LogP contribution is -2.34. The van der Waals surface area contributed by atoms with Crippen LogP contribution in [0.3, 0.4) is 0 Å². The van der Waals surface area contributed by atoms with E-state index in [2.05, 4.69) is 10.1 Å². The number of methoxy groups -OCH3 is 3. The Hall–Kier alpha value is -3.07. The predicted molar refractivity (Wildman–Crippen MR) is 107 cm³/mol. The van der Waals surface area contributed by atoms with Crippen molar-refractivity contribution in [3.63, 3.8) is 0 Å². The second-order valence-electron chi connectivity index (χ2n) is 6.50. The zero-order chi connectivity index (χ0) is 22.1. The Labute approximate surface area is 174 Å². The van der Waals surface area contributed by atoms with E-state index in [9.17, 15) is 13.6 Å². The van der Waals surface area contributed by atoms with Crippen molar-refractivity contribution in [2.45, 2.75) is 19.7 Å². The van der Waals surface area contributed by atoms with E-state index in [4.69, 9.17) is 14.2 Å². The number of halogens is 2. The number of benzene rings is 2. The van der Waals surface area contributed by atoms with Crippen LogP contribution in [0.1, 0.15) is 11.1 Å². The first kappa shape index (κ1) is 23.2. The summed E-state index contributed by atoms with van der Waals surface area (Å²) in [6.45, 7) is -2.00. The van der Waals surface area contributed by atoms with Crippen molar-refractivity contribution in [3.8, 4) is 23.0 Å². The second kappa shape index (κ2) is 11.2. The molecule has 0 heterocycles. The van der Waals surface area contributed by atoms with E-state index >= 15 is 0 Å². The highest BCUT2D eigenvalue weighted by molar-refractivity contribution is 5.78. The Morgan fingerprint density at radius 1 is 0.933 bits per heavy atom. The van der Waals surface area contributed by atoms with E-state index in [-0.39, 0.29) is 24.0 Å². The molecule has 0 bridgehead atoms. The number of amides is 1. The summed E-state index contributed by atoms with van der Waals surface area (Å²) < 4.78 is 44.8. The molecule has 1 amide bonds. The third kappa shape index (κ3) is 6.77. The van der Waals surface area contributed by atoms with E-state index in [1.165, 1.54) is 13.2 Å². The summed E-state index contributed by atoms with van der Waals surface area (Å²) in [5.74, 6) is 1.23. The SMILES string of the molecule is COc1ccc(CNC(=O)CN(C)Cc2ccc(OC(F)F)c(OC)c2)cc1OC. The van der Waals surface area contributed by atoms with Crippen molar-refractivity contribution < 1.29 is 32.5 Å². The van der Waals surface area contributed by atoms with Gasteiger partial charge in [0.15, 0.2) is 23.0 Å². The molecule has 0 atom stereocenters. The van der Waals surface area contributed by atoms with Crippen LogP contribution in [0.2, 0.25) is 0 Å². The zero-order valence-electron chi connectivity index (χ0n) is 17.4. The van der Waals surface area contributed by atoms with E-state index in [1.54, 1.807) is 50.4 Å². The van der Waals surface area contributed by atoms with Gasteiger partial charge in [-0.3, -0.25) is 9.69 Å². The highest BCUT2D eigenvalue weighted by Crippen LogP contribution is 2.30. The standard InChI is InChI=1S/C21H26F2N2O5/c1-25(12-15-6-8-17(30-21(22)23)19(10-15)29-4)13-20(26)24-11-14-5-7-16(27-2)18(9-14)28-3/h5-10,21H,11-13H2,1-4H3,(H,24,26). The van der Waals surface area contributed by atoms with Gasteiger partial charge < -0.3 is 24.3 Å². The lowest BCUT2D eigenvalue weighted by atomic mass is 10.2. The van der Waals surface area contributed by atoms with E-state index in [0.717, 1.165) is 11.1 Å². The lowest BCUT2D eigenvalue weighted by Gasteiger charge is -2.18. The van der Waals surface area contributed by atoms with Crippen LogP contribution in [0, 0.1) is 0 Å². The maximum Gasteiger partial charge on any atom is 0.387 e. The fraction of sp³-hybridized carbons (Fsp3) is 0.381. The molecular weight excluding hydrogens is 398 g/mol. The van der Waals surface area contributed by atoms with Gasteiger partial charge in [-0.25, -0.2) is 0 Å². The molecule has 30 heavy (non-hydrogen) atoms. The first-order valence-electron chi connectivity index (χ1n) is 9.14. The number of alkyl halides is 2. The third-order valence-electron chi connectivity index (χ3n) is 4.25.